The first-order chi connectivity index (χ1) is 14.4. The van der Waals surface area contributed by atoms with E-state index in [0.717, 1.165) is 47.8 Å². The van der Waals surface area contributed by atoms with Gasteiger partial charge < -0.3 is 15.5 Å². The molecule has 1 fully saturated rings. The van der Waals surface area contributed by atoms with Gasteiger partial charge >= 0.3 is 0 Å². The maximum Gasteiger partial charge on any atom is 0.219 e. The lowest BCUT2D eigenvalue weighted by atomic mass is 9.88. The number of allylic oxidation sites excluding steroid dienone is 3. The summed E-state index contributed by atoms with van der Waals surface area (Å²) in [6.45, 7) is 5.98. The Bertz CT molecular complexity index is 933. The number of nitrogens with one attached hydrogen (secondary N) is 3. The first-order valence-corrected chi connectivity index (χ1v) is 10.9. The van der Waals surface area contributed by atoms with E-state index in [0.29, 0.717) is 24.8 Å². The van der Waals surface area contributed by atoms with Gasteiger partial charge in [0, 0.05) is 62.2 Å². The minimum Gasteiger partial charge on any atom is -0.388 e. The summed E-state index contributed by atoms with van der Waals surface area (Å²) in [5.41, 5.74) is 5.29. The fourth-order valence-corrected chi connectivity index (χ4v) is 4.09. The number of carbonyl (C=O) groups excluding carboxylic acids is 1. The molecular formula is C23H32N6O. The second kappa shape index (κ2) is 8.50. The second-order valence-corrected chi connectivity index (χ2v) is 8.77. The van der Waals surface area contributed by atoms with Gasteiger partial charge in [-0.15, -0.1) is 0 Å². The van der Waals surface area contributed by atoms with Crippen LogP contribution in [0.2, 0.25) is 0 Å². The molecule has 1 aliphatic heterocycles. The molecule has 7 nitrogen and oxygen atoms in total. The first-order valence-electron chi connectivity index (χ1n) is 10.9. The van der Waals surface area contributed by atoms with Crippen molar-refractivity contribution in [2.75, 3.05) is 19.6 Å². The molecule has 7 heteroatoms. The highest BCUT2D eigenvalue weighted by molar-refractivity contribution is 5.99. The Kier molecular flexibility index (Phi) is 5.79. The predicted octanol–water partition coefficient (Wildman–Crippen LogP) is 2.80. The van der Waals surface area contributed by atoms with Crippen molar-refractivity contribution in [3.63, 3.8) is 0 Å². The van der Waals surface area contributed by atoms with Crippen molar-refractivity contribution >= 4 is 17.3 Å². The van der Waals surface area contributed by atoms with E-state index in [2.05, 4.69) is 34.8 Å². The quantitative estimate of drug-likeness (QED) is 0.499. The van der Waals surface area contributed by atoms with Gasteiger partial charge in [0.15, 0.2) is 0 Å². The van der Waals surface area contributed by atoms with Crippen molar-refractivity contribution in [2.45, 2.75) is 39.5 Å². The summed E-state index contributed by atoms with van der Waals surface area (Å²) in [5, 5.41) is 20.0. The zero-order valence-corrected chi connectivity index (χ0v) is 18.2. The molecule has 0 spiro atoms. The fraction of sp³-hybridized carbons (Fsp3) is 0.522. The highest BCUT2D eigenvalue weighted by Crippen LogP contribution is 2.31. The molecule has 2 heterocycles. The lowest BCUT2D eigenvalue weighted by Gasteiger charge is -2.31. The molecule has 160 valence electrons. The maximum absolute atomic E-state index is 11.9. The van der Waals surface area contributed by atoms with E-state index >= 15 is 0 Å². The molecule has 2 aliphatic carbocycles. The molecule has 3 aliphatic rings. The third-order valence-electron chi connectivity index (χ3n) is 6.23. The van der Waals surface area contributed by atoms with Crippen LogP contribution in [0.4, 0.5) is 0 Å². The molecule has 4 rings (SSSR count). The molecule has 1 amide bonds. The Morgan fingerprint density at radius 1 is 1.37 bits per heavy atom. The summed E-state index contributed by atoms with van der Waals surface area (Å²) >= 11 is 0. The molecule has 0 aromatic carbocycles. The summed E-state index contributed by atoms with van der Waals surface area (Å²) in [6, 6.07) is 0. The topological polar surface area (TPSA) is 86.0 Å². The van der Waals surface area contributed by atoms with Crippen molar-refractivity contribution in [3.8, 4) is 0 Å². The van der Waals surface area contributed by atoms with E-state index in [1.165, 1.54) is 18.4 Å². The van der Waals surface area contributed by atoms with Gasteiger partial charge in [-0.1, -0.05) is 13.0 Å². The molecule has 0 bridgehead atoms. The van der Waals surface area contributed by atoms with Crippen LogP contribution in [-0.2, 0) is 11.8 Å². The Morgan fingerprint density at radius 2 is 2.17 bits per heavy atom. The monoisotopic (exact) mass is 408 g/mol. The molecule has 3 N–H and O–H groups in total. The van der Waals surface area contributed by atoms with E-state index < -0.39 is 0 Å². The predicted molar refractivity (Wildman–Crippen MR) is 119 cm³/mol. The van der Waals surface area contributed by atoms with E-state index in [9.17, 15) is 4.79 Å². The average Bonchev–Trinajstić information content (AvgIpc) is 3.46. The third-order valence-corrected chi connectivity index (χ3v) is 6.23. The second-order valence-electron chi connectivity index (χ2n) is 8.77. The maximum atomic E-state index is 11.9. The molecule has 1 aromatic heterocycles. The number of carbonyl (C=O) groups is 1. The lowest BCUT2D eigenvalue weighted by molar-refractivity contribution is -0.128. The molecule has 1 unspecified atom stereocenters. The van der Waals surface area contributed by atoms with Gasteiger partial charge in [-0.2, -0.15) is 5.10 Å². The highest BCUT2D eigenvalue weighted by Gasteiger charge is 2.27. The SMILES string of the molecule is CC(=O)N1CCC(NCC2CC2)=C(C(=N)NC2=CCC(C)C(c3cnn(C)c3)=C2)C1. The summed E-state index contributed by atoms with van der Waals surface area (Å²) in [6.07, 6.45) is 12.5. The molecule has 30 heavy (non-hydrogen) atoms. The van der Waals surface area contributed by atoms with Crippen LogP contribution in [0.3, 0.4) is 0 Å². The third kappa shape index (κ3) is 4.66. The average molecular weight is 409 g/mol. The molecular weight excluding hydrogens is 376 g/mol. The fourth-order valence-electron chi connectivity index (χ4n) is 4.09. The van der Waals surface area contributed by atoms with Gasteiger partial charge in [-0.25, -0.2) is 0 Å². The Hall–Kier alpha value is -2.83. The van der Waals surface area contributed by atoms with Gasteiger partial charge in [0.05, 0.1) is 12.7 Å². The zero-order valence-electron chi connectivity index (χ0n) is 18.2. The zero-order chi connectivity index (χ0) is 21.3. The van der Waals surface area contributed by atoms with Crippen molar-refractivity contribution in [2.24, 2.45) is 18.9 Å². The number of nitrogens with zero attached hydrogens (tertiary/aromatic N) is 3. The number of aromatic nitrogens is 2. The molecule has 1 saturated carbocycles. The van der Waals surface area contributed by atoms with Crippen LogP contribution < -0.4 is 10.6 Å². The standard InChI is InChI=1S/C23H32N6O/c1-15-4-7-19(10-20(15)18-12-26-28(3)13-18)27-23(24)21-14-29(16(2)30)9-8-22(21)25-11-17-5-6-17/h7,10,12-13,15,17,25H,4-6,8-9,11,14H2,1-3H3,(H2,24,27). The normalized spacial score (nSPS) is 21.8. The van der Waals surface area contributed by atoms with Gasteiger partial charge in [0.2, 0.25) is 5.91 Å². The van der Waals surface area contributed by atoms with Crippen molar-refractivity contribution in [1.29, 1.82) is 5.41 Å². The molecule has 1 atom stereocenters. The van der Waals surface area contributed by atoms with Crippen LogP contribution in [0.25, 0.3) is 5.57 Å². The summed E-state index contributed by atoms with van der Waals surface area (Å²) in [5.74, 6) is 1.61. The van der Waals surface area contributed by atoms with E-state index in [1.807, 2.05) is 29.0 Å². The largest absolute Gasteiger partial charge is 0.388 e. The van der Waals surface area contributed by atoms with Crippen molar-refractivity contribution in [3.05, 3.63) is 47.1 Å². The Labute approximate surface area is 178 Å². The van der Waals surface area contributed by atoms with E-state index in [4.69, 9.17) is 5.41 Å². The van der Waals surface area contributed by atoms with E-state index in [-0.39, 0.29) is 5.91 Å². The number of hydrogen-bond donors (Lipinski definition) is 3. The Morgan fingerprint density at radius 3 is 2.83 bits per heavy atom. The lowest BCUT2D eigenvalue weighted by Crippen LogP contribution is -2.42. The van der Waals surface area contributed by atoms with E-state index in [1.54, 1.807) is 6.92 Å². The van der Waals surface area contributed by atoms with Gasteiger partial charge in [0.1, 0.15) is 5.84 Å². The van der Waals surface area contributed by atoms with Crippen LogP contribution in [0, 0.1) is 17.2 Å². The first kappa shape index (κ1) is 20.4. The number of hydrogen-bond acceptors (Lipinski definition) is 4. The summed E-state index contributed by atoms with van der Waals surface area (Å²) in [7, 11) is 1.93. The van der Waals surface area contributed by atoms with Gasteiger partial charge in [0.25, 0.3) is 0 Å². The van der Waals surface area contributed by atoms with Crippen molar-refractivity contribution in [1.82, 2.24) is 25.3 Å². The molecule has 1 aromatic rings. The molecule has 0 saturated heterocycles. The minimum atomic E-state index is 0.0611. The van der Waals surface area contributed by atoms with Crippen LogP contribution in [0.5, 0.6) is 0 Å². The van der Waals surface area contributed by atoms with Crippen molar-refractivity contribution < 1.29 is 4.79 Å². The van der Waals surface area contributed by atoms with Gasteiger partial charge in [-0.3, -0.25) is 14.9 Å². The van der Waals surface area contributed by atoms with Crippen LogP contribution in [-0.4, -0.2) is 46.1 Å². The number of aryl methyl sites for hydroxylation is 1. The highest BCUT2D eigenvalue weighted by atomic mass is 16.2. The van der Waals surface area contributed by atoms with Crippen LogP contribution >= 0.6 is 0 Å². The number of amidine groups is 1. The van der Waals surface area contributed by atoms with Crippen LogP contribution in [0.1, 0.15) is 45.1 Å². The number of rotatable bonds is 6. The smallest absolute Gasteiger partial charge is 0.219 e. The number of amides is 1. The minimum absolute atomic E-state index is 0.0611. The van der Waals surface area contributed by atoms with Crippen LogP contribution in [0.15, 0.2) is 41.5 Å². The molecule has 0 radical (unpaired) electrons. The van der Waals surface area contributed by atoms with Gasteiger partial charge in [-0.05, 0) is 42.7 Å². The summed E-state index contributed by atoms with van der Waals surface area (Å²) < 4.78 is 1.82. The summed E-state index contributed by atoms with van der Waals surface area (Å²) in [4.78, 5) is 13.8. The Balaban J connectivity index is 1.52.